The normalized spacial score (nSPS) is 10.6. The molecule has 0 saturated heterocycles. The highest BCUT2D eigenvalue weighted by Gasteiger charge is 2.15. The molecule has 0 saturated carbocycles. The molecule has 2 rings (SSSR count). The number of nitrogens with zero attached hydrogens (tertiary/aromatic N) is 2. The van der Waals surface area contributed by atoms with E-state index < -0.39 is 0 Å². The van der Waals surface area contributed by atoms with E-state index in [1.165, 1.54) is 0 Å². The molecule has 0 spiro atoms. The van der Waals surface area contributed by atoms with E-state index in [1.54, 1.807) is 6.20 Å². The Bertz CT molecular complexity index is 573. The van der Waals surface area contributed by atoms with E-state index in [-0.39, 0.29) is 5.84 Å². The highest BCUT2D eigenvalue weighted by Crippen LogP contribution is 2.29. The molecule has 0 bridgehead atoms. The second-order valence-corrected chi connectivity index (χ2v) is 4.12. The summed E-state index contributed by atoms with van der Waals surface area (Å²) in [7, 11) is 0. The van der Waals surface area contributed by atoms with Crippen molar-refractivity contribution in [3.63, 3.8) is 0 Å². The Labute approximate surface area is 107 Å². The first-order valence-corrected chi connectivity index (χ1v) is 6.16. The summed E-state index contributed by atoms with van der Waals surface area (Å²) in [5.74, 6) is 0.0650. The lowest BCUT2D eigenvalue weighted by Crippen LogP contribution is -2.26. The first kappa shape index (κ1) is 12.4. The van der Waals surface area contributed by atoms with E-state index in [0.717, 1.165) is 29.7 Å². The van der Waals surface area contributed by atoms with Gasteiger partial charge in [-0.25, -0.2) is 0 Å². The molecule has 4 nitrogen and oxygen atoms in total. The van der Waals surface area contributed by atoms with E-state index in [4.69, 9.17) is 11.1 Å². The number of fused-ring (bicyclic) bond motifs is 1. The van der Waals surface area contributed by atoms with Crippen molar-refractivity contribution in [3.8, 4) is 0 Å². The Balaban J connectivity index is 2.77. The molecule has 1 heterocycles. The average Bonchev–Trinajstić information content (AvgIpc) is 2.40. The summed E-state index contributed by atoms with van der Waals surface area (Å²) in [6, 6.07) is 7.96. The van der Waals surface area contributed by atoms with Crippen LogP contribution in [0.4, 0.5) is 5.69 Å². The van der Waals surface area contributed by atoms with Crippen LogP contribution in [-0.2, 0) is 0 Å². The van der Waals surface area contributed by atoms with Gasteiger partial charge in [0.15, 0.2) is 0 Å². The summed E-state index contributed by atoms with van der Waals surface area (Å²) in [6.07, 6.45) is 1.69. The van der Waals surface area contributed by atoms with Crippen molar-refractivity contribution in [2.45, 2.75) is 13.8 Å². The Kier molecular flexibility index (Phi) is 3.46. The molecule has 0 aliphatic heterocycles. The largest absolute Gasteiger partial charge is 0.384 e. The van der Waals surface area contributed by atoms with Crippen LogP contribution in [-0.4, -0.2) is 23.9 Å². The van der Waals surface area contributed by atoms with Crippen molar-refractivity contribution in [2.24, 2.45) is 5.73 Å². The minimum Gasteiger partial charge on any atom is -0.384 e. The second-order valence-electron chi connectivity index (χ2n) is 4.12. The molecule has 0 atom stereocenters. The van der Waals surface area contributed by atoms with Crippen LogP contribution in [0.3, 0.4) is 0 Å². The molecule has 0 unspecified atom stereocenters. The molecule has 0 aliphatic carbocycles. The van der Waals surface area contributed by atoms with Crippen LogP contribution in [0, 0.1) is 5.41 Å². The van der Waals surface area contributed by atoms with Gasteiger partial charge in [-0.3, -0.25) is 10.4 Å². The van der Waals surface area contributed by atoms with E-state index >= 15 is 0 Å². The third kappa shape index (κ3) is 2.01. The lowest BCUT2D eigenvalue weighted by Gasteiger charge is -2.25. The van der Waals surface area contributed by atoms with Gasteiger partial charge in [0.2, 0.25) is 0 Å². The number of anilines is 1. The number of aromatic nitrogens is 1. The minimum atomic E-state index is 0.0650. The van der Waals surface area contributed by atoms with E-state index in [1.807, 2.05) is 24.3 Å². The number of benzene rings is 1. The fourth-order valence-electron chi connectivity index (χ4n) is 2.20. The van der Waals surface area contributed by atoms with Crippen LogP contribution in [0.25, 0.3) is 10.9 Å². The number of hydrogen-bond acceptors (Lipinski definition) is 3. The van der Waals surface area contributed by atoms with Crippen LogP contribution in [0.5, 0.6) is 0 Å². The van der Waals surface area contributed by atoms with Gasteiger partial charge in [0.25, 0.3) is 0 Å². The van der Waals surface area contributed by atoms with Crippen molar-refractivity contribution in [3.05, 3.63) is 36.0 Å². The number of pyridine rings is 1. The number of para-hydroxylation sites is 1. The maximum Gasteiger partial charge on any atom is 0.126 e. The molecule has 1 aromatic heterocycles. The molecule has 18 heavy (non-hydrogen) atoms. The monoisotopic (exact) mass is 242 g/mol. The molecule has 4 heteroatoms. The first-order valence-electron chi connectivity index (χ1n) is 6.16. The Morgan fingerprint density at radius 2 is 1.94 bits per heavy atom. The van der Waals surface area contributed by atoms with Crippen molar-refractivity contribution in [1.82, 2.24) is 4.98 Å². The van der Waals surface area contributed by atoms with E-state index in [9.17, 15) is 0 Å². The molecule has 0 fully saturated rings. The first-order chi connectivity index (χ1) is 8.69. The number of nitrogen functional groups attached to an aromatic ring is 1. The molecular weight excluding hydrogens is 224 g/mol. The van der Waals surface area contributed by atoms with Crippen LogP contribution >= 0.6 is 0 Å². The van der Waals surface area contributed by atoms with E-state index in [0.29, 0.717) is 5.56 Å². The minimum absolute atomic E-state index is 0.0650. The summed E-state index contributed by atoms with van der Waals surface area (Å²) in [4.78, 5) is 6.58. The number of amidine groups is 1. The van der Waals surface area contributed by atoms with Gasteiger partial charge in [0, 0.05) is 24.7 Å². The highest BCUT2D eigenvalue weighted by atomic mass is 15.1. The molecule has 0 amide bonds. The van der Waals surface area contributed by atoms with Gasteiger partial charge in [-0.05, 0) is 19.9 Å². The number of hydrogen-bond donors (Lipinski definition) is 2. The van der Waals surface area contributed by atoms with Gasteiger partial charge in [-0.15, -0.1) is 0 Å². The maximum atomic E-state index is 7.71. The highest BCUT2D eigenvalue weighted by molar-refractivity contribution is 6.07. The zero-order valence-corrected chi connectivity index (χ0v) is 10.8. The van der Waals surface area contributed by atoms with E-state index in [2.05, 4.69) is 23.7 Å². The number of nitrogens with two attached hydrogens (primary N) is 1. The summed E-state index contributed by atoms with van der Waals surface area (Å²) in [5.41, 5.74) is 8.32. The molecular formula is C14H18N4. The average molecular weight is 242 g/mol. The molecule has 0 aliphatic rings. The third-order valence-electron chi connectivity index (χ3n) is 3.12. The Morgan fingerprint density at radius 1 is 1.28 bits per heavy atom. The van der Waals surface area contributed by atoms with Crippen molar-refractivity contribution < 1.29 is 0 Å². The second kappa shape index (κ2) is 5.04. The Morgan fingerprint density at radius 3 is 2.56 bits per heavy atom. The Hall–Kier alpha value is -2.10. The van der Waals surface area contributed by atoms with Crippen LogP contribution in [0.2, 0.25) is 0 Å². The summed E-state index contributed by atoms with van der Waals surface area (Å²) in [6.45, 7) is 5.96. The van der Waals surface area contributed by atoms with Crippen LogP contribution in [0.15, 0.2) is 30.5 Å². The standard InChI is InChI=1S/C14H18N4/c1-3-18(4-2)13-10-7-5-6-8-12(10)17-9-11(13)14(15)16/h5-9H,3-4H2,1-2H3,(H3,15,16). The molecule has 1 aromatic carbocycles. The van der Waals surface area contributed by atoms with Crippen LogP contribution < -0.4 is 10.6 Å². The van der Waals surface area contributed by atoms with Gasteiger partial charge in [0.1, 0.15) is 5.84 Å². The SMILES string of the molecule is CCN(CC)c1c(C(=N)N)cnc2ccccc12. The predicted molar refractivity (Wildman–Crippen MR) is 76.3 cm³/mol. The number of rotatable bonds is 4. The fourth-order valence-corrected chi connectivity index (χ4v) is 2.20. The topological polar surface area (TPSA) is 66.0 Å². The molecule has 2 aromatic rings. The van der Waals surface area contributed by atoms with Crippen LogP contribution in [0.1, 0.15) is 19.4 Å². The molecule has 94 valence electrons. The van der Waals surface area contributed by atoms with Crippen molar-refractivity contribution in [2.75, 3.05) is 18.0 Å². The fraction of sp³-hybridized carbons (Fsp3) is 0.286. The van der Waals surface area contributed by atoms with Crippen molar-refractivity contribution >= 4 is 22.4 Å². The lowest BCUT2D eigenvalue weighted by atomic mass is 10.1. The summed E-state index contributed by atoms with van der Waals surface area (Å²) >= 11 is 0. The maximum absolute atomic E-state index is 7.71. The summed E-state index contributed by atoms with van der Waals surface area (Å²) in [5, 5.41) is 8.76. The lowest BCUT2D eigenvalue weighted by molar-refractivity contribution is 0.868. The van der Waals surface area contributed by atoms with Gasteiger partial charge in [0.05, 0.1) is 16.8 Å². The summed E-state index contributed by atoms with van der Waals surface area (Å²) < 4.78 is 0. The predicted octanol–water partition coefficient (Wildman–Crippen LogP) is 2.37. The smallest absolute Gasteiger partial charge is 0.126 e. The zero-order chi connectivity index (χ0) is 13.1. The quantitative estimate of drug-likeness (QED) is 0.639. The molecule has 3 N–H and O–H groups in total. The molecule has 0 radical (unpaired) electrons. The van der Waals surface area contributed by atoms with Crippen molar-refractivity contribution in [1.29, 1.82) is 5.41 Å². The van der Waals surface area contributed by atoms with Gasteiger partial charge in [-0.1, -0.05) is 18.2 Å². The third-order valence-corrected chi connectivity index (χ3v) is 3.12. The van der Waals surface area contributed by atoms with Gasteiger partial charge in [-0.2, -0.15) is 0 Å². The zero-order valence-electron chi connectivity index (χ0n) is 10.8. The number of nitrogens with one attached hydrogen (secondary N) is 1. The van der Waals surface area contributed by atoms with Gasteiger partial charge >= 0.3 is 0 Å². The van der Waals surface area contributed by atoms with Gasteiger partial charge < -0.3 is 10.6 Å².